The molecule has 1 fully saturated rings. The zero-order chi connectivity index (χ0) is 25.6. The highest BCUT2D eigenvalue weighted by Crippen LogP contribution is 2.48. The van der Waals surface area contributed by atoms with Crippen LogP contribution in [-0.2, 0) is 18.5 Å². The van der Waals surface area contributed by atoms with Crippen molar-refractivity contribution in [3.8, 4) is 11.5 Å². The summed E-state index contributed by atoms with van der Waals surface area (Å²) < 4.78 is 2.09. The van der Waals surface area contributed by atoms with E-state index in [0.717, 1.165) is 59.7 Å². The number of aromatic nitrogens is 5. The second-order valence-corrected chi connectivity index (χ2v) is 10.4. The summed E-state index contributed by atoms with van der Waals surface area (Å²) in [6.07, 6.45) is 5.95. The summed E-state index contributed by atoms with van der Waals surface area (Å²) >= 11 is 0. The van der Waals surface area contributed by atoms with E-state index >= 15 is 0 Å². The minimum Gasteiger partial charge on any atom is -0.373 e. The van der Waals surface area contributed by atoms with Crippen LogP contribution in [0.5, 0.6) is 0 Å². The fourth-order valence-corrected chi connectivity index (χ4v) is 4.87. The minimum atomic E-state index is -0.0248. The van der Waals surface area contributed by atoms with Crippen LogP contribution in [0.1, 0.15) is 86.7 Å². The van der Waals surface area contributed by atoms with E-state index in [2.05, 4.69) is 47.0 Å². The third kappa shape index (κ3) is 4.18. The van der Waals surface area contributed by atoms with Crippen molar-refractivity contribution < 1.29 is 4.79 Å². The van der Waals surface area contributed by atoms with Crippen LogP contribution in [-0.4, -0.2) is 42.6 Å². The van der Waals surface area contributed by atoms with Gasteiger partial charge in [-0.2, -0.15) is 0 Å². The molecule has 0 spiro atoms. The molecule has 0 radical (unpaired) electrons. The summed E-state index contributed by atoms with van der Waals surface area (Å²) in [6.45, 7) is 13.7. The van der Waals surface area contributed by atoms with Gasteiger partial charge in [0.05, 0.1) is 18.8 Å². The Labute approximate surface area is 213 Å². The Balaban J connectivity index is 1.51. The highest BCUT2D eigenvalue weighted by atomic mass is 16.2. The van der Waals surface area contributed by atoms with E-state index in [0.29, 0.717) is 30.6 Å². The summed E-state index contributed by atoms with van der Waals surface area (Å²) in [4.78, 5) is 27.5. The zero-order valence-electron chi connectivity index (χ0n) is 22.0. The van der Waals surface area contributed by atoms with Gasteiger partial charge in [-0.15, -0.1) is 10.2 Å². The molecule has 0 unspecified atom stereocenters. The average Bonchev–Trinajstić information content (AvgIpc) is 3.29. The second kappa shape index (κ2) is 9.15. The summed E-state index contributed by atoms with van der Waals surface area (Å²) in [6, 6.07) is 8.08. The quantitative estimate of drug-likeness (QED) is 0.411. The largest absolute Gasteiger partial charge is 0.373 e. The second-order valence-electron chi connectivity index (χ2n) is 10.4. The highest BCUT2D eigenvalue weighted by Gasteiger charge is 2.43. The first-order chi connectivity index (χ1) is 17.3. The maximum absolute atomic E-state index is 13.7. The summed E-state index contributed by atoms with van der Waals surface area (Å²) in [5.74, 6) is 1.32. The molecule has 0 saturated heterocycles. The topological polar surface area (TPSA) is 80.0 Å². The standard InChI is InChI=1S/C28H35N7O/c1-7-19(8-2)35-17-29-32-26(35)22-10-9-11-25(31-22)34-15-21-20(27(34)36)14-24(28(5)12-13-28)30-23(21)16-33(6)18(3)4/h9-11,14,17,19H,3,7-8,12-13,15-16H2,1-2,4-6H3. The lowest BCUT2D eigenvalue weighted by Crippen LogP contribution is -2.24. The third-order valence-electron chi connectivity index (χ3n) is 7.81. The third-order valence-corrected chi connectivity index (χ3v) is 7.81. The van der Waals surface area contributed by atoms with E-state index in [-0.39, 0.29) is 11.3 Å². The molecule has 3 aromatic rings. The van der Waals surface area contributed by atoms with Crippen molar-refractivity contribution in [2.75, 3.05) is 11.9 Å². The summed E-state index contributed by atoms with van der Waals surface area (Å²) in [5, 5.41) is 8.52. The number of allylic oxidation sites excluding steroid dienone is 1. The van der Waals surface area contributed by atoms with Gasteiger partial charge in [-0.25, -0.2) is 4.98 Å². The molecule has 1 aliphatic heterocycles. The molecular weight excluding hydrogens is 450 g/mol. The van der Waals surface area contributed by atoms with E-state index in [1.807, 2.05) is 38.2 Å². The van der Waals surface area contributed by atoms with Crippen molar-refractivity contribution in [2.45, 2.75) is 77.9 Å². The SMILES string of the molecule is C=C(C)N(C)Cc1nc(C2(C)CC2)cc2c1CN(c1cccc(-c3nncn3C(CC)CC)n1)C2=O. The van der Waals surface area contributed by atoms with E-state index in [4.69, 9.17) is 9.97 Å². The Bertz CT molecular complexity index is 1320. The fraction of sp³-hybridized carbons (Fsp3) is 0.464. The van der Waals surface area contributed by atoms with E-state index in [9.17, 15) is 4.79 Å². The fourth-order valence-electron chi connectivity index (χ4n) is 4.87. The first-order valence-corrected chi connectivity index (χ1v) is 12.8. The Hall–Kier alpha value is -3.55. The van der Waals surface area contributed by atoms with E-state index < -0.39 is 0 Å². The van der Waals surface area contributed by atoms with Gasteiger partial charge in [0.2, 0.25) is 0 Å². The minimum absolute atomic E-state index is 0.0248. The number of hydrogen-bond donors (Lipinski definition) is 0. The number of pyridine rings is 2. The number of hydrogen-bond acceptors (Lipinski definition) is 6. The Morgan fingerprint density at radius 2 is 1.97 bits per heavy atom. The molecule has 0 bridgehead atoms. The van der Waals surface area contributed by atoms with Crippen molar-refractivity contribution in [1.82, 2.24) is 29.6 Å². The van der Waals surface area contributed by atoms with Gasteiger partial charge in [-0.3, -0.25) is 14.7 Å². The molecule has 1 saturated carbocycles. The number of carbonyl (C=O) groups is 1. The first kappa shape index (κ1) is 24.2. The lowest BCUT2D eigenvalue weighted by atomic mass is 9.99. The average molecular weight is 486 g/mol. The van der Waals surface area contributed by atoms with Crippen molar-refractivity contribution in [2.24, 2.45) is 0 Å². The van der Waals surface area contributed by atoms with Crippen LogP contribution in [0.4, 0.5) is 5.82 Å². The molecule has 8 heteroatoms. The van der Waals surface area contributed by atoms with Gasteiger partial charge in [0.25, 0.3) is 5.91 Å². The predicted octanol–water partition coefficient (Wildman–Crippen LogP) is 5.27. The number of rotatable bonds is 9. The molecule has 0 N–H and O–H groups in total. The van der Waals surface area contributed by atoms with Crippen LogP contribution in [0.25, 0.3) is 11.5 Å². The van der Waals surface area contributed by atoms with Crippen LogP contribution in [0, 0.1) is 0 Å². The van der Waals surface area contributed by atoms with Crippen LogP contribution in [0.15, 0.2) is 42.9 Å². The molecule has 8 nitrogen and oxygen atoms in total. The molecule has 0 atom stereocenters. The highest BCUT2D eigenvalue weighted by molar-refractivity contribution is 6.09. The van der Waals surface area contributed by atoms with Crippen molar-refractivity contribution in [1.29, 1.82) is 0 Å². The number of anilines is 1. The molecule has 3 aromatic heterocycles. The Morgan fingerprint density at radius 1 is 1.22 bits per heavy atom. The lowest BCUT2D eigenvalue weighted by molar-refractivity contribution is 0.0995. The van der Waals surface area contributed by atoms with Gasteiger partial charge >= 0.3 is 0 Å². The first-order valence-electron chi connectivity index (χ1n) is 12.8. The smallest absolute Gasteiger partial charge is 0.260 e. The van der Waals surface area contributed by atoms with Gasteiger partial charge < -0.3 is 9.47 Å². The molecule has 1 amide bonds. The number of nitrogens with zero attached hydrogens (tertiary/aromatic N) is 7. The van der Waals surface area contributed by atoms with Gasteiger partial charge in [0.15, 0.2) is 5.82 Å². The number of carbonyl (C=O) groups excluding carboxylic acids is 1. The van der Waals surface area contributed by atoms with Crippen LogP contribution in [0.3, 0.4) is 0 Å². The lowest BCUT2D eigenvalue weighted by Gasteiger charge is -2.21. The molecule has 0 aromatic carbocycles. The van der Waals surface area contributed by atoms with Gasteiger partial charge in [0, 0.05) is 41.0 Å². The van der Waals surface area contributed by atoms with Gasteiger partial charge in [-0.1, -0.05) is 33.4 Å². The molecule has 1 aliphatic carbocycles. The maximum atomic E-state index is 13.7. The maximum Gasteiger partial charge on any atom is 0.260 e. The van der Waals surface area contributed by atoms with E-state index in [1.165, 1.54) is 0 Å². The van der Waals surface area contributed by atoms with Crippen LogP contribution >= 0.6 is 0 Å². The van der Waals surface area contributed by atoms with Crippen molar-refractivity contribution in [3.63, 3.8) is 0 Å². The van der Waals surface area contributed by atoms with Gasteiger partial charge in [0.1, 0.15) is 17.8 Å². The van der Waals surface area contributed by atoms with Crippen molar-refractivity contribution in [3.05, 3.63) is 65.4 Å². The molecule has 188 valence electrons. The normalized spacial score (nSPS) is 15.9. The number of fused-ring (bicyclic) bond motifs is 1. The van der Waals surface area contributed by atoms with Crippen LogP contribution < -0.4 is 4.90 Å². The molecule has 5 rings (SSSR count). The molecule has 4 heterocycles. The summed E-state index contributed by atoms with van der Waals surface area (Å²) in [5.41, 5.74) is 5.43. The molecular formula is C28H35N7O. The number of amides is 1. The van der Waals surface area contributed by atoms with Crippen LogP contribution in [0.2, 0.25) is 0 Å². The molecule has 36 heavy (non-hydrogen) atoms. The van der Waals surface area contributed by atoms with E-state index in [1.54, 1.807) is 11.2 Å². The monoisotopic (exact) mass is 485 g/mol. The summed E-state index contributed by atoms with van der Waals surface area (Å²) in [7, 11) is 2.01. The van der Waals surface area contributed by atoms with Gasteiger partial charge in [-0.05, 0) is 50.8 Å². The predicted molar refractivity (Wildman–Crippen MR) is 140 cm³/mol. The van der Waals surface area contributed by atoms with Crippen molar-refractivity contribution >= 4 is 11.7 Å². The molecule has 2 aliphatic rings. The Morgan fingerprint density at radius 3 is 2.64 bits per heavy atom. The Kier molecular flexibility index (Phi) is 6.14. The zero-order valence-corrected chi connectivity index (χ0v) is 22.0.